The minimum Gasteiger partial charge on any atom is -0.324 e. The maximum Gasteiger partial charge on any atom is 0.234 e. The molecular formula is C11H9N5OS. The first-order valence-corrected chi connectivity index (χ1v) is 6.05. The fourth-order valence-electron chi connectivity index (χ4n) is 1.27. The number of aromatic amines is 1. The van der Waals surface area contributed by atoms with E-state index in [2.05, 4.69) is 20.5 Å². The molecule has 6 nitrogen and oxygen atoms in total. The Kier molecular flexibility index (Phi) is 3.94. The second-order valence-electron chi connectivity index (χ2n) is 3.28. The van der Waals surface area contributed by atoms with Crippen molar-refractivity contribution in [3.63, 3.8) is 0 Å². The summed E-state index contributed by atoms with van der Waals surface area (Å²) in [5.74, 6) is 0.00805. The van der Waals surface area contributed by atoms with Crippen LogP contribution in [0.4, 0.5) is 5.69 Å². The maximum atomic E-state index is 11.7. The Balaban J connectivity index is 1.93. The number of para-hydroxylation sites is 1. The largest absolute Gasteiger partial charge is 0.324 e. The van der Waals surface area contributed by atoms with Crippen LogP contribution in [0.5, 0.6) is 0 Å². The number of benzene rings is 1. The number of carbonyl (C=O) groups excluding carboxylic acids is 1. The van der Waals surface area contributed by atoms with Gasteiger partial charge in [-0.25, -0.2) is 4.98 Å². The highest BCUT2D eigenvalue weighted by molar-refractivity contribution is 7.99. The average molecular weight is 259 g/mol. The van der Waals surface area contributed by atoms with E-state index >= 15 is 0 Å². The molecule has 0 aliphatic carbocycles. The molecule has 90 valence electrons. The van der Waals surface area contributed by atoms with E-state index in [0.29, 0.717) is 16.4 Å². The number of carbonyl (C=O) groups is 1. The zero-order chi connectivity index (χ0) is 12.8. The SMILES string of the molecule is N#Cc1ccccc1NC(=O)CSc1ncn[nH]1. The van der Waals surface area contributed by atoms with Gasteiger partial charge in [-0.15, -0.1) is 0 Å². The number of anilines is 1. The first-order valence-electron chi connectivity index (χ1n) is 5.07. The van der Waals surface area contributed by atoms with Crippen molar-refractivity contribution in [1.29, 1.82) is 5.26 Å². The Morgan fingerprint density at radius 1 is 1.50 bits per heavy atom. The number of H-pyrrole nitrogens is 1. The standard InChI is InChI=1S/C11H9N5OS/c12-5-8-3-1-2-4-9(8)15-10(17)6-18-11-13-7-14-16-11/h1-4,7H,6H2,(H,15,17)(H,13,14,16). The fraction of sp³-hybridized carbons (Fsp3) is 0.0909. The lowest BCUT2D eigenvalue weighted by Gasteiger charge is -2.05. The highest BCUT2D eigenvalue weighted by Gasteiger charge is 2.07. The lowest BCUT2D eigenvalue weighted by atomic mass is 10.2. The molecule has 0 saturated carbocycles. The first kappa shape index (κ1) is 12.1. The second kappa shape index (κ2) is 5.84. The molecule has 1 amide bonds. The number of nitriles is 1. The Labute approximate surface area is 107 Å². The molecular weight excluding hydrogens is 250 g/mol. The molecule has 0 unspecified atom stereocenters. The molecule has 0 radical (unpaired) electrons. The predicted molar refractivity (Wildman–Crippen MR) is 66.9 cm³/mol. The van der Waals surface area contributed by atoms with Gasteiger partial charge in [-0.05, 0) is 12.1 Å². The smallest absolute Gasteiger partial charge is 0.234 e. The summed E-state index contributed by atoms with van der Waals surface area (Å²) in [6, 6.07) is 8.87. The van der Waals surface area contributed by atoms with Gasteiger partial charge in [0.05, 0.1) is 17.0 Å². The van der Waals surface area contributed by atoms with Gasteiger partial charge in [0, 0.05) is 0 Å². The zero-order valence-electron chi connectivity index (χ0n) is 9.25. The van der Waals surface area contributed by atoms with Crippen LogP contribution in [-0.4, -0.2) is 26.8 Å². The Morgan fingerprint density at radius 2 is 2.33 bits per heavy atom. The van der Waals surface area contributed by atoms with Crippen molar-refractivity contribution < 1.29 is 4.79 Å². The number of rotatable bonds is 4. The van der Waals surface area contributed by atoms with Gasteiger partial charge >= 0.3 is 0 Å². The van der Waals surface area contributed by atoms with E-state index in [0.717, 1.165) is 0 Å². The van der Waals surface area contributed by atoms with E-state index in [9.17, 15) is 4.79 Å². The highest BCUT2D eigenvalue weighted by atomic mass is 32.2. The summed E-state index contributed by atoms with van der Waals surface area (Å²) < 4.78 is 0. The van der Waals surface area contributed by atoms with E-state index in [4.69, 9.17) is 5.26 Å². The normalized spacial score (nSPS) is 9.72. The molecule has 0 spiro atoms. The Bertz CT molecular complexity index is 575. The molecule has 1 aromatic carbocycles. The van der Waals surface area contributed by atoms with E-state index in [1.165, 1.54) is 18.1 Å². The first-order chi connectivity index (χ1) is 8.79. The third-order valence-electron chi connectivity index (χ3n) is 2.05. The molecule has 18 heavy (non-hydrogen) atoms. The monoisotopic (exact) mass is 259 g/mol. The van der Waals surface area contributed by atoms with Crippen LogP contribution >= 0.6 is 11.8 Å². The fourth-order valence-corrected chi connectivity index (χ4v) is 1.85. The van der Waals surface area contributed by atoms with Crippen molar-refractivity contribution in [2.45, 2.75) is 5.16 Å². The summed E-state index contributed by atoms with van der Waals surface area (Å²) in [6.45, 7) is 0. The van der Waals surface area contributed by atoms with E-state index in [1.807, 2.05) is 6.07 Å². The predicted octanol–water partition coefficient (Wildman–Crippen LogP) is 1.41. The van der Waals surface area contributed by atoms with Crippen LogP contribution in [-0.2, 0) is 4.79 Å². The van der Waals surface area contributed by atoms with Crippen molar-refractivity contribution in [1.82, 2.24) is 15.2 Å². The second-order valence-corrected chi connectivity index (χ2v) is 4.25. The maximum absolute atomic E-state index is 11.7. The number of aromatic nitrogens is 3. The molecule has 0 saturated heterocycles. The van der Waals surface area contributed by atoms with Crippen LogP contribution in [0.1, 0.15) is 5.56 Å². The topological polar surface area (TPSA) is 94.5 Å². The van der Waals surface area contributed by atoms with Gasteiger partial charge in [-0.1, -0.05) is 23.9 Å². The van der Waals surface area contributed by atoms with Crippen molar-refractivity contribution in [3.8, 4) is 6.07 Å². The molecule has 1 heterocycles. The van der Waals surface area contributed by atoms with Crippen LogP contribution in [0.15, 0.2) is 35.7 Å². The number of nitrogens with one attached hydrogen (secondary N) is 2. The quantitative estimate of drug-likeness (QED) is 0.809. The lowest BCUT2D eigenvalue weighted by molar-refractivity contribution is -0.113. The van der Waals surface area contributed by atoms with Crippen molar-refractivity contribution in [2.75, 3.05) is 11.1 Å². The van der Waals surface area contributed by atoms with Crippen molar-refractivity contribution in [2.24, 2.45) is 0 Å². The molecule has 1 aromatic heterocycles. The minimum absolute atomic E-state index is 0.195. The third-order valence-corrected chi connectivity index (χ3v) is 2.93. The van der Waals surface area contributed by atoms with Gasteiger partial charge in [-0.3, -0.25) is 9.89 Å². The molecule has 0 aliphatic heterocycles. The van der Waals surface area contributed by atoms with Crippen LogP contribution in [0, 0.1) is 11.3 Å². The van der Waals surface area contributed by atoms with Crippen molar-refractivity contribution >= 4 is 23.4 Å². The number of thioether (sulfide) groups is 1. The molecule has 2 aromatic rings. The summed E-state index contributed by atoms with van der Waals surface area (Å²) in [5.41, 5.74) is 0.957. The average Bonchev–Trinajstić information content (AvgIpc) is 2.90. The number of amides is 1. The van der Waals surface area contributed by atoms with Gasteiger partial charge in [0.25, 0.3) is 0 Å². The van der Waals surface area contributed by atoms with Crippen molar-refractivity contribution in [3.05, 3.63) is 36.2 Å². The van der Waals surface area contributed by atoms with E-state index in [-0.39, 0.29) is 11.7 Å². The molecule has 7 heteroatoms. The van der Waals surface area contributed by atoms with Gasteiger partial charge in [0.1, 0.15) is 12.4 Å². The van der Waals surface area contributed by atoms with Crippen LogP contribution in [0.25, 0.3) is 0 Å². The zero-order valence-corrected chi connectivity index (χ0v) is 10.1. The number of hydrogen-bond acceptors (Lipinski definition) is 5. The molecule has 0 bridgehead atoms. The number of nitrogens with zero attached hydrogens (tertiary/aromatic N) is 3. The number of hydrogen-bond donors (Lipinski definition) is 2. The molecule has 0 aliphatic rings. The molecule has 0 fully saturated rings. The van der Waals surface area contributed by atoms with Crippen LogP contribution in [0.3, 0.4) is 0 Å². The summed E-state index contributed by atoms with van der Waals surface area (Å²) in [7, 11) is 0. The summed E-state index contributed by atoms with van der Waals surface area (Å²) in [5, 5.41) is 18.5. The highest BCUT2D eigenvalue weighted by Crippen LogP contribution is 2.15. The molecule has 0 atom stereocenters. The Morgan fingerprint density at radius 3 is 3.06 bits per heavy atom. The van der Waals surface area contributed by atoms with E-state index < -0.39 is 0 Å². The third kappa shape index (κ3) is 3.09. The summed E-state index contributed by atoms with van der Waals surface area (Å²) >= 11 is 1.24. The molecule has 2 N–H and O–H groups in total. The minimum atomic E-state index is -0.195. The molecule has 2 rings (SSSR count). The van der Waals surface area contributed by atoms with Gasteiger partial charge in [0.2, 0.25) is 5.91 Å². The van der Waals surface area contributed by atoms with Crippen LogP contribution in [0.2, 0.25) is 0 Å². The Hall–Kier alpha value is -2.33. The lowest BCUT2D eigenvalue weighted by Crippen LogP contribution is -2.14. The summed E-state index contributed by atoms with van der Waals surface area (Å²) in [4.78, 5) is 15.6. The van der Waals surface area contributed by atoms with Crippen LogP contribution < -0.4 is 5.32 Å². The summed E-state index contributed by atoms with van der Waals surface area (Å²) in [6.07, 6.45) is 1.38. The van der Waals surface area contributed by atoms with E-state index in [1.54, 1.807) is 24.3 Å². The van der Waals surface area contributed by atoms with Gasteiger partial charge in [0.15, 0.2) is 5.16 Å². The van der Waals surface area contributed by atoms with Gasteiger partial charge < -0.3 is 5.32 Å². The van der Waals surface area contributed by atoms with Gasteiger partial charge in [-0.2, -0.15) is 10.4 Å².